The van der Waals surface area contributed by atoms with E-state index >= 15 is 0 Å². The van der Waals surface area contributed by atoms with Gasteiger partial charge in [0.05, 0.1) is 20.3 Å². The fourth-order valence-electron chi connectivity index (χ4n) is 6.36. The summed E-state index contributed by atoms with van der Waals surface area (Å²) in [4.78, 5) is 31.0. The molecular formula is C32H42N4O4. The summed E-state index contributed by atoms with van der Waals surface area (Å²) in [5, 5.41) is 7.27. The molecule has 2 aliphatic rings. The van der Waals surface area contributed by atoms with Crippen LogP contribution in [0.4, 0.5) is 0 Å². The minimum absolute atomic E-state index is 0.0363. The van der Waals surface area contributed by atoms with Gasteiger partial charge in [0.2, 0.25) is 11.8 Å². The van der Waals surface area contributed by atoms with Crippen LogP contribution in [0.15, 0.2) is 54.7 Å². The smallest absolute Gasteiger partial charge is 0.220 e. The summed E-state index contributed by atoms with van der Waals surface area (Å²) in [5.74, 6) is 0.681. The van der Waals surface area contributed by atoms with E-state index in [9.17, 15) is 9.59 Å². The van der Waals surface area contributed by atoms with Crippen molar-refractivity contribution in [3.63, 3.8) is 0 Å². The number of rotatable bonds is 11. The molecule has 1 aliphatic carbocycles. The number of aromatic amines is 1. The lowest BCUT2D eigenvalue weighted by molar-refractivity contribution is -0.127. The molecule has 5 rings (SSSR count). The summed E-state index contributed by atoms with van der Waals surface area (Å²) in [5.41, 5.74) is 3.66. The number of hydrogen-bond acceptors (Lipinski definition) is 5. The van der Waals surface area contributed by atoms with Crippen LogP contribution in [0.2, 0.25) is 0 Å². The van der Waals surface area contributed by atoms with E-state index in [2.05, 4.69) is 50.8 Å². The first-order valence-electron chi connectivity index (χ1n) is 14.6. The number of morpholine rings is 1. The SMILES string of the molecule is COc1ccc2[nH]cc(CCNC(=O)CCC(=O)NC3CCC(Cc4ccccc4)(N4CCOCC4)CC3)c2c1. The quantitative estimate of drug-likeness (QED) is 0.338. The molecule has 3 aromatic rings. The Hall–Kier alpha value is -3.36. The highest BCUT2D eigenvalue weighted by molar-refractivity contribution is 5.85. The van der Waals surface area contributed by atoms with E-state index in [4.69, 9.17) is 9.47 Å². The topological polar surface area (TPSA) is 95.7 Å². The lowest BCUT2D eigenvalue weighted by Gasteiger charge is -2.50. The van der Waals surface area contributed by atoms with E-state index in [0.717, 1.165) is 80.6 Å². The fraction of sp³-hybridized carbons (Fsp3) is 0.500. The largest absolute Gasteiger partial charge is 0.497 e. The van der Waals surface area contributed by atoms with Gasteiger partial charge in [0.1, 0.15) is 5.75 Å². The minimum Gasteiger partial charge on any atom is -0.497 e. The zero-order chi connectivity index (χ0) is 27.8. The second kappa shape index (κ2) is 13.3. The first kappa shape index (κ1) is 28.2. The van der Waals surface area contributed by atoms with Crippen LogP contribution in [0.3, 0.4) is 0 Å². The third-order valence-electron chi connectivity index (χ3n) is 8.61. The van der Waals surface area contributed by atoms with Gasteiger partial charge in [-0.2, -0.15) is 0 Å². The number of carbonyl (C=O) groups is 2. The van der Waals surface area contributed by atoms with Crippen molar-refractivity contribution in [2.45, 2.75) is 62.9 Å². The number of H-pyrrole nitrogens is 1. The molecule has 8 heteroatoms. The molecule has 2 amide bonds. The summed E-state index contributed by atoms with van der Waals surface area (Å²) in [7, 11) is 1.66. The van der Waals surface area contributed by atoms with E-state index in [1.54, 1.807) is 7.11 Å². The van der Waals surface area contributed by atoms with Crippen molar-refractivity contribution in [2.75, 3.05) is 40.0 Å². The first-order chi connectivity index (χ1) is 19.5. The van der Waals surface area contributed by atoms with Crippen molar-refractivity contribution in [3.8, 4) is 5.75 Å². The van der Waals surface area contributed by atoms with Gasteiger partial charge in [-0.05, 0) is 67.9 Å². The summed E-state index contributed by atoms with van der Waals surface area (Å²) in [6.07, 6.45) is 8.13. The maximum absolute atomic E-state index is 12.7. The van der Waals surface area contributed by atoms with E-state index < -0.39 is 0 Å². The Morgan fingerprint density at radius 1 is 1.05 bits per heavy atom. The molecule has 0 unspecified atom stereocenters. The highest BCUT2D eigenvalue weighted by Gasteiger charge is 2.41. The molecule has 1 saturated heterocycles. The third-order valence-corrected chi connectivity index (χ3v) is 8.61. The Balaban J connectivity index is 1.05. The number of methoxy groups -OCH3 is 1. The van der Waals surface area contributed by atoms with Gasteiger partial charge in [0, 0.05) is 61.2 Å². The number of carbonyl (C=O) groups excluding carboxylic acids is 2. The molecule has 2 aromatic carbocycles. The van der Waals surface area contributed by atoms with Crippen LogP contribution in [-0.2, 0) is 27.2 Å². The van der Waals surface area contributed by atoms with Gasteiger partial charge in [-0.25, -0.2) is 0 Å². The molecule has 1 saturated carbocycles. The van der Waals surface area contributed by atoms with Crippen molar-refractivity contribution in [1.82, 2.24) is 20.5 Å². The summed E-state index contributed by atoms with van der Waals surface area (Å²) in [6, 6.07) is 16.8. The maximum Gasteiger partial charge on any atom is 0.220 e. The average molecular weight is 547 g/mol. The van der Waals surface area contributed by atoms with Gasteiger partial charge in [0.25, 0.3) is 0 Å². The van der Waals surface area contributed by atoms with Gasteiger partial charge in [-0.1, -0.05) is 30.3 Å². The molecule has 1 aliphatic heterocycles. The average Bonchev–Trinajstić information content (AvgIpc) is 3.40. The van der Waals surface area contributed by atoms with E-state index in [0.29, 0.717) is 13.0 Å². The lowest BCUT2D eigenvalue weighted by Crippen LogP contribution is -2.58. The van der Waals surface area contributed by atoms with Gasteiger partial charge < -0.3 is 25.1 Å². The number of fused-ring (bicyclic) bond motifs is 1. The molecule has 8 nitrogen and oxygen atoms in total. The molecule has 0 radical (unpaired) electrons. The van der Waals surface area contributed by atoms with Crippen LogP contribution < -0.4 is 15.4 Å². The molecule has 2 fully saturated rings. The van der Waals surface area contributed by atoms with Crippen molar-refractivity contribution in [3.05, 3.63) is 65.9 Å². The highest BCUT2D eigenvalue weighted by Crippen LogP contribution is 2.37. The Kier molecular flexibility index (Phi) is 9.39. The van der Waals surface area contributed by atoms with Gasteiger partial charge in [-0.15, -0.1) is 0 Å². The van der Waals surface area contributed by atoms with Crippen LogP contribution in [0, 0.1) is 0 Å². The molecule has 0 atom stereocenters. The third kappa shape index (κ3) is 7.04. The maximum atomic E-state index is 12.7. The summed E-state index contributed by atoms with van der Waals surface area (Å²) in [6.45, 7) is 4.03. The Morgan fingerprint density at radius 2 is 1.80 bits per heavy atom. The number of benzene rings is 2. The summed E-state index contributed by atoms with van der Waals surface area (Å²) < 4.78 is 11.0. The number of hydrogen-bond donors (Lipinski definition) is 3. The van der Waals surface area contributed by atoms with Crippen LogP contribution in [0.25, 0.3) is 10.9 Å². The monoisotopic (exact) mass is 546 g/mol. The zero-order valence-electron chi connectivity index (χ0n) is 23.5. The van der Waals surface area contributed by atoms with E-state index in [1.807, 2.05) is 24.4 Å². The second-order valence-corrected chi connectivity index (χ2v) is 11.2. The van der Waals surface area contributed by atoms with E-state index in [1.165, 1.54) is 5.56 Å². The van der Waals surface area contributed by atoms with Crippen molar-refractivity contribution in [1.29, 1.82) is 0 Å². The number of aromatic nitrogens is 1. The molecule has 1 aromatic heterocycles. The number of amides is 2. The van der Waals surface area contributed by atoms with Crippen molar-refractivity contribution >= 4 is 22.7 Å². The van der Waals surface area contributed by atoms with Gasteiger partial charge in [-0.3, -0.25) is 14.5 Å². The molecule has 0 spiro atoms. The number of ether oxygens (including phenoxy) is 2. The predicted molar refractivity (Wildman–Crippen MR) is 156 cm³/mol. The molecule has 2 heterocycles. The first-order valence-corrected chi connectivity index (χ1v) is 14.6. The van der Waals surface area contributed by atoms with Crippen LogP contribution in [0.5, 0.6) is 5.75 Å². The van der Waals surface area contributed by atoms with Crippen LogP contribution >= 0.6 is 0 Å². The minimum atomic E-state index is -0.0922. The summed E-state index contributed by atoms with van der Waals surface area (Å²) >= 11 is 0. The standard InChI is InChI=1S/C32H42N4O4/c1-39-27-7-8-29-28(21-27)25(23-34-29)13-16-33-30(37)9-10-31(38)35-26-11-14-32(15-12-26,36-17-19-40-20-18-36)22-24-5-3-2-4-6-24/h2-8,21,23,26,34H,9-20,22H2,1H3,(H,33,37)(H,35,38). The molecule has 3 N–H and O–H groups in total. The molecule has 214 valence electrons. The lowest BCUT2D eigenvalue weighted by atomic mass is 9.74. The van der Waals surface area contributed by atoms with Gasteiger partial charge >= 0.3 is 0 Å². The Morgan fingerprint density at radius 3 is 2.55 bits per heavy atom. The van der Waals surface area contributed by atoms with Gasteiger partial charge in [0.15, 0.2) is 0 Å². The van der Waals surface area contributed by atoms with Crippen LogP contribution in [0.1, 0.15) is 49.7 Å². The molecular weight excluding hydrogens is 504 g/mol. The van der Waals surface area contributed by atoms with E-state index in [-0.39, 0.29) is 36.2 Å². The molecule has 40 heavy (non-hydrogen) atoms. The Labute approximate surface area is 236 Å². The number of nitrogens with one attached hydrogen (secondary N) is 3. The zero-order valence-corrected chi connectivity index (χ0v) is 23.5. The molecule has 0 bridgehead atoms. The number of nitrogens with zero attached hydrogens (tertiary/aromatic N) is 1. The normalized spacial score (nSPS) is 21.7. The van der Waals surface area contributed by atoms with Crippen LogP contribution in [-0.4, -0.2) is 73.2 Å². The van der Waals surface area contributed by atoms with Crippen molar-refractivity contribution in [2.24, 2.45) is 0 Å². The van der Waals surface area contributed by atoms with Crippen molar-refractivity contribution < 1.29 is 19.1 Å². The predicted octanol–water partition coefficient (Wildman–Crippen LogP) is 3.99. The Bertz CT molecular complexity index is 1260. The highest BCUT2D eigenvalue weighted by atomic mass is 16.5. The fourth-order valence-corrected chi connectivity index (χ4v) is 6.36. The second-order valence-electron chi connectivity index (χ2n) is 11.2.